The summed E-state index contributed by atoms with van der Waals surface area (Å²) < 4.78 is 20.5. The highest BCUT2D eigenvalue weighted by atomic mass is 19.1. The van der Waals surface area contributed by atoms with Crippen LogP contribution in [0.2, 0.25) is 0 Å². The van der Waals surface area contributed by atoms with Gasteiger partial charge in [0.05, 0.1) is 24.8 Å². The van der Waals surface area contributed by atoms with E-state index < -0.39 is 0 Å². The van der Waals surface area contributed by atoms with Gasteiger partial charge in [-0.15, -0.1) is 0 Å². The standard InChI is InChI=1S/C24H25FN4O2/c1-18-16-29(17-26-18)22-8-3-19(15-24(22)31-2)23(30)9-10-27-11-13-28(14-12-27)21-6-4-20(25)5-7-21/h3-10,15-17H,11-14H2,1-2H3/b10-9+. The minimum absolute atomic E-state index is 0.0763. The fourth-order valence-electron chi connectivity index (χ4n) is 3.65. The minimum Gasteiger partial charge on any atom is -0.495 e. The minimum atomic E-state index is -0.228. The molecule has 0 N–H and O–H groups in total. The number of aromatic nitrogens is 2. The van der Waals surface area contributed by atoms with E-state index in [1.165, 1.54) is 12.1 Å². The summed E-state index contributed by atoms with van der Waals surface area (Å²) in [6.45, 7) is 5.14. The number of methoxy groups -OCH3 is 1. The molecule has 0 spiro atoms. The summed E-state index contributed by atoms with van der Waals surface area (Å²) in [7, 11) is 1.59. The highest BCUT2D eigenvalue weighted by molar-refractivity contribution is 6.04. The van der Waals surface area contributed by atoms with Crippen LogP contribution in [-0.4, -0.2) is 53.5 Å². The van der Waals surface area contributed by atoms with E-state index in [2.05, 4.69) is 14.8 Å². The number of aryl methyl sites for hydroxylation is 1. The number of allylic oxidation sites excluding steroid dienone is 1. The third-order valence-electron chi connectivity index (χ3n) is 5.40. The van der Waals surface area contributed by atoms with Crippen LogP contribution in [0.1, 0.15) is 16.1 Å². The van der Waals surface area contributed by atoms with Crippen molar-refractivity contribution in [3.05, 3.63) is 84.3 Å². The van der Waals surface area contributed by atoms with Crippen molar-refractivity contribution in [2.45, 2.75) is 6.92 Å². The molecule has 2 heterocycles. The van der Waals surface area contributed by atoms with Crippen LogP contribution < -0.4 is 9.64 Å². The molecule has 6 nitrogen and oxygen atoms in total. The lowest BCUT2D eigenvalue weighted by molar-refractivity contribution is 0.104. The van der Waals surface area contributed by atoms with Crippen LogP contribution in [0, 0.1) is 12.7 Å². The number of imidazole rings is 1. The molecule has 0 atom stereocenters. The van der Waals surface area contributed by atoms with Gasteiger partial charge in [-0.05, 0) is 49.4 Å². The number of benzene rings is 2. The van der Waals surface area contributed by atoms with Gasteiger partial charge in [-0.3, -0.25) is 4.79 Å². The molecule has 0 amide bonds. The van der Waals surface area contributed by atoms with Crippen molar-refractivity contribution in [3.63, 3.8) is 0 Å². The molecule has 0 aliphatic carbocycles. The molecule has 0 saturated carbocycles. The number of anilines is 1. The molecule has 0 radical (unpaired) electrons. The monoisotopic (exact) mass is 420 g/mol. The average Bonchev–Trinajstić information content (AvgIpc) is 3.24. The molecule has 0 bridgehead atoms. The number of ether oxygens (including phenoxy) is 1. The molecule has 1 aliphatic heterocycles. The van der Waals surface area contributed by atoms with Crippen molar-refractivity contribution < 1.29 is 13.9 Å². The zero-order chi connectivity index (χ0) is 21.8. The average molecular weight is 420 g/mol. The molecular formula is C24H25FN4O2. The first kappa shape index (κ1) is 20.7. The van der Waals surface area contributed by atoms with Crippen LogP contribution in [0.25, 0.3) is 5.69 Å². The second-order valence-electron chi connectivity index (χ2n) is 7.49. The van der Waals surface area contributed by atoms with Gasteiger partial charge < -0.3 is 19.1 Å². The van der Waals surface area contributed by atoms with Gasteiger partial charge in [-0.25, -0.2) is 9.37 Å². The number of ketones is 1. The van der Waals surface area contributed by atoms with Crippen LogP contribution in [0.3, 0.4) is 0 Å². The van der Waals surface area contributed by atoms with Gasteiger partial charge in [0.1, 0.15) is 11.6 Å². The van der Waals surface area contributed by atoms with Crippen molar-refractivity contribution in [3.8, 4) is 11.4 Å². The zero-order valence-electron chi connectivity index (χ0n) is 17.7. The van der Waals surface area contributed by atoms with Crippen LogP contribution >= 0.6 is 0 Å². The van der Waals surface area contributed by atoms with E-state index >= 15 is 0 Å². The molecule has 3 aromatic rings. The first-order chi connectivity index (χ1) is 15.0. The molecule has 2 aromatic carbocycles. The van der Waals surface area contributed by atoms with Gasteiger partial charge in [0.25, 0.3) is 0 Å². The summed E-state index contributed by atoms with van der Waals surface area (Å²) >= 11 is 0. The van der Waals surface area contributed by atoms with Crippen LogP contribution in [0.5, 0.6) is 5.75 Å². The number of halogens is 1. The lowest BCUT2D eigenvalue weighted by atomic mass is 10.1. The zero-order valence-corrected chi connectivity index (χ0v) is 17.7. The summed E-state index contributed by atoms with van der Waals surface area (Å²) in [6.07, 6.45) is 7.08. The summed E-state index contributed by atoms with van der Waals surface area (Å²) in [5.74, 6) is 0.311. The SMILES string of the molecule is COc1cc(C(=O)/C=C/N2CCN(c3ccc(F)cc3)CC2)ccc1-n1cnc(C)c1. The number of carbonyl (C=O) groups is 1. The fourth-order valence-corrected chi connectivity index (χ4v) is 3.65. The maximum absolute atomic E-state index is 13.1. The van der Waals surface area contributed by atoms with Gasteiger partial charge in [0.15, 0.2) is 5.78 Å². The van der Waals surface area contributed by atoms with Crippen molar-refractivity contribution in [1.82, 2.24) is 14.5 Å². The second kappa shape index (κ2) is 9.04. The van der Waals surface area contributed by atoms with E-state index in [4.69, 9.17) is 4.74 Å². The van der Waals surface area contributed by atoms with E-state index in [0.29, 0.717) is 11.3 Å². The number of nitrogens with zero attached hydrogens (tertiary/aromatic N) is 4. The van der Waals surface area contributed by atoms with E-state index in [9.17, 15) is 9.18 Å². The highest BCUT2D eigenvalue weighted by Crippen LogP contribution is 2.25. The molecule has 160 valence electrons. The summed E-state index contributed by atoms with van der Waals surface area (Å²) in [4.78, 5) is 21.3. The first-order valence-electron chi connectivity index (χ1n) is 10.2. The van der Waals surface area contributed by atoms with Crippen LogP contribution in [0.4, 0.5) is 10.1 Å². The van der Waals surface area contributed by atoms with Gasteiger partial charge in [0.2, 0.25) is 0 Å². The Hall–Kier alpha value is -3.61. The Balaban J connectivity index is 1.38. The number of rotatable bonds is 6. The van der Waals surface area contributed by atoms with Crippen LogP contribution in [0.15, 0.2) is 67.3 Å². The Labute approximate surface area is 181 Å². The van der Waals surface area contributed by atoms with Crippen molar-refractivity contribution in [2.24, 2.45) is 0 Å². The molecule has 7 heteroatoms. The number of carbonyl (C=O) groups excluding carboxylic acids is 1. The topological polar surface area (TPSA) is 50.6 Å². The lowest BCUT2D eigenvalue weighted by Crippen LogP contribution is -2.44. The van der Waals surface area contributed by atoms with E-state index in [1.54, 1.807) is 43.8 Å². The smallest absolute Gasteiger partial charge is 0.187 e. The van der Waals surface area contributed by atoms with Crippen LogP contribution in [-0.2, 0) is 0 Å². The molecule has 4 rings (SSSR count). The number of hydrogen-bond donors (Lipinski definition) is 0. The molecule has 1 fully saturated rings. The predicted molar refractivity (Wildman–Crippen MR) is 119 cm³/mol. The molecule has 1 saturated heterocycles. The normalized spacial score (nSPS) is 14.3. The molecular weight excluding hydrogens is 395 g/mol. The molecule has 1 aromatic heterocycles. The number of hydrogen-bond acceptors (Lipinski definition) is 5. The third-order valence-corrected chi connectivity index (χ3v) is 5.40. The summed E-state index contributed by atoms with van der Waals surface area (Å²) in [5.41, 5.74) is 3.32. The molecule has 0 unspecified atom stereocenters. The second-order valence-corrected chi connectivity index (χ2v) is 7.49. The van der Waals surface area contributed by atoms with E-state index in [1.807, 2.05) is 30.0 Å². The van der Waals surface area contributed by atoms with Crippen molar-refractivity contribution in [1.29, 1.82) is 0 Å². The molecule has 1 aliphatic rings. The highest BCUT2D eigenvalue weighted by Gasteiger charge is 2.16. The van der Waals surface area contributed by atoms with Gasteiger partial charge >= 0.3 is 0 Å². The largest absolute Gasteiger partial charge is 0.495 e. The molecule has 31 heavy (non-hydrogen) atoms. The maximum Gasteiger partial charge on any atom is 0.187 e. The van der Waals surface area contributed by atoms with Crippen molar-refractivity contribution >= 4 is 11.5 Å². The van der Waals surface area contributed by atoms with Gasteiger partial charge in [-0.1, -0.05) is 0 Å². The van der Waals surface area contributed by atoms with Gasteiger partial charge in [-0.2, -0.15) is 0 Å². The summed E-state index contributed by atoms with van der Waals surface area (Å²) in [6, 6.07) is 12.0. The van der Waals surface area contributed by atoms with Gasteiger partial charge in [0, 0.05) is 55.9 Å². The van der Waals surface area contributed by atoms with E-state index in [-0.39, 0.29) is 11.6 Å². The third kappa shape index (κ3) is 4.77. The Morgan fingerprint density at radius 1 is 1.10 bits per heavy atom. The first-order valence-corrected chi connectivity index (χ1v) is 10.2. The predicted octanol–water partition coefficient (Wildman–Crippen LogP) is 3.85. The van der Waals surface area contributed by atoms with Crippen molar-refractivity contribution in [2.75, 3.05) is 38.2 Å². The summed E-state index contributed by atoms with van der Waals surface area (Å²) in [5, 5.41) is 0. The Bertz CT molecular complexity index is 1080. The van der Waals surface area contributed by atoms with E-state index in [0.717, 1.165) is 43.2 Å². The quantitative estimate of drug-likeness (QED) is 0.448. The lowest BCUT2D eigenvalue weighted by Gasteiger charge is -2.35. The Morgan fingerprint density at radius 3 is 2.48 bits per heavy atom. The Kier molecular flexibility index (Phi) is 6.02. The fraction of sp³-hybridized carbons (Fsp3) is 0.250. The maximum atomic E-state index is 13.1. The Morgan fingerprint density at radius 2 is 1.84 bits per heavy atom. The number of piperazine rings is 1.